The second-order valence-corrected chi connectivity index (χ2v) is 5.47. The Morgan fingerprint density at radius 3 is 2.81 bits per heavy atom. The van der Waals surface area contributed by atoms with E-state index in [1.54, 1.807) is 24.3 Å². The third-order valence-electron chi connectivity index (χ3n) is 3.63. The van der Waals surface area contributed by atoms with E-state index in [-0.39, 0.29) is 23.8 Å². The van der Waals surface area contributed by atoms with Gasteiger partial charge in [-0.1, -0.05) is 6.07 Å². The number of nitrogens with zero attached hydrogens (tertiary/aromatic N) is 2. The van der Waals surface area contributed by atoms with Gasteiger partial charge in [0.15, 0.2) is 0 Å². The molecule has 1 aliphatic rings. The molecular formula is C15H21N3O3. The summed E-state index contributed by atoms with van der Waals surface area (Å²) >= 11 is 0. The summed E-state index contributed by atoms with van der Waals surface area (Å²) in [5.74, 6) is 0.253. The van der Waals surface area contributed by atoms with Crippen LogP contribution in [0.4, 0.5) is 0 Å². The van der Waals surface area contributed by atoms with E-state index in [1.807, 2.05) is 19.9 Å². The monoisotopic (exact) mass is 291 g/mol. The average molecular weight is 291 g/mol. The van der Waals surface area contributed by atoms with Gasteiger partial charge in [-0.2, -0.15) is 0 Å². The molecular weight excluding hydrogens is 270 g/mol. The van der Waals surface area contributed by atoms with Gasteiger partial charge in [-0.25, -0.2) is 4.98 Å². The van der Waals surface area contributed by atoms with Crippen LogP contribution in [0.2, 0.25) is 0 Å². The summed E-state index contributed by atoms with van der Waals surface area (Å²) in [4.78, 5) is 29.8. The molecule has 2 heterocycles. The molecule has 0 spiro atoms. The molecule has 0 unspecified atom stereocenters. The fourth-order valence-corrected chi connectivity index (χ4v) is 2.38. The molecule has 0 radical (unpaired) electrons. The molecule has 1 fully saturated rings. The number of hydrogen-bond donors (Lipinski definition) is 1. The molecule has 1 N–H and O–H groups in total. The maximum absolute atomic E-state index is 12.1. The number of pyridine rings is 1. The highest BCUT2D eigenvalue weighted by atomic mass is 16.5. The Hall–Kier alpha value is -2.11. The van der Waals surface area contributed by atoms with Crippen molar-refractivity contribution in [2.75, 3.05) is 13.7 Å². The zero-order valence-electron chi connectivity index (χ0n) is 12.6. The van der Waals surface area contributed by atoms with Gasteiger partial charge in [0.05, 0.1) is 13.0 Å². The van der Waals surface area contributed by atoms with E-state index >= 15 is 0 Å². The molecule has 1 atom stereocenters. The summed E-state index contributed by atoms with van der Waals surface area (Å²) in [7, 11) is 1.56. The predicted molar refractivity (Wildman–Crippen MR) is 77.6 cm³/mol. The third kappa shape index (κ3) is 3.71. The Balaban J connectivity index is 1.86. The molecule has 6 nitrogen and oxygen atoms in total. The quantitative estimate of drug-likeness (QED) is 0.877. The van der Waals surface area contributed by atoms with Crippen molar-refractivity contribution in [1.29, 1.82) is 0 Å². The van der Waals surface area contributed by atoms with Crippen molar-refractivity contribution in [3.8, 4) is 5.88 Å². The number of likely N-dealkylation sites (tertiary alicyclic amines) is 1. The lowest BCUT2D eigenvalue weighted by molar-refractivity contribution is -0.130. The second kappa shape index (κ2) is 6.56. The van der Waals surface area contributed by atoms with Crippen molar-refractivity contribution >= 4 is 11.8 Å². The summed E-state index contributed by atoms with van der Waals surface area (Å²) in [5, 5.41) is 2.86. The van der Waals surface area contributed by atoms with Crippen molar-refractivity contribution in [3.05, 3.63) is 23.9 Å². The van der Waals surface area contributed by atoms with Gasteiger partial charge in [0, 0.05) is 37.8 Å². The summed E-state index contributed by atoms with van der Waals surface area (Å²) in [6.45, 7) is 4.83. The van der Waals surface area contributed by atoms with E-state index in [1.165, 1.54) is 0 Å². The van der Waals surface area contributed by atoms with Crippen LogP contribution in [-0.2, 0) is 16.1 Å². The van der Waals surface area contributed by atoms with Crippen LogP contribution in [0, 0.1) is 5.92 Å². The highest BCUT2D eigenvalue weighted by molar-refractivity contribution is 5.89. The number of ether oxygens (including phenoxy) is 1. The lowest BCUT2D eigenvalue weighted by Gasteiger charge is -2.20. The number of hydrogen-bond acceptors (Lipinski definition) is 4. The van der Waals surface area contributed by atoms with Gasteiger partial charge in [0.1, 0.15) is 0 Å². The Kier molecular flexibility index (Phi) is 4.77. The van der Waals surface area contributed by atoms with Crippen LogP contribution in [0.3, 0.4) is 0 Å². The number of methoxy groups -OCH3 is 1. The van der Waals surface area contributed by atoms with E-state index < -0.39 is 0 Å². The molecule has 1 saturated heterocycles. The van der Waals surface area contributed by atoms with Crippen LogP contribution < -0.4 is 10.1 Å². The highest BCUT2D eigenvalue weighted by Gasteiger charge is 2.35. The molecule has 1 aromatic rings. The van der Waals surface area contributed by atoms with Gasteiger partial charge in [0.25, 0.3) is 0 Å². The molecule has 0 saturated carbocycles. The normalized spacial score (nSPS) is 18.2. The second-order valence-electron chi connectivity index (χ2n) is 5.47. The van der Waals surface area contributed by atoms with Gasteiger partial charge >= 0.3 is 0 Å². The van der Waals surface area contributed by atoms with Crippen molar-refractivity contribution in [1.82, 2.24) is 15.2 Å². The summed E-state index contributed by atoms with van der Waals surface area (Å²) in [6.07, 6.45) is 1.96. The van der Waals surface area contributed by atoms with Crippen molar-refractivity contribution in [2.45, 2.75) is 32.9 Å². The lowest BCUT2D eigenvalue weighted by atomic mass is 10.1. The first kappa shape index (κ1) is 15.3. The van der Waals surface area contributed by atoms with Crippen LogP contribution in [0.5, 0.6) is 5.88 Å². The third-order valence-corrected chi connectivity index (χ3v) is 3.63. The van der Waals surface area contributed by atoms with E-state index in [4.69, 9.17) is 4.74 Å². The number of amides is 2. The van der Waals surface area contributed by atoms with Gasteiger partial charge < -0.3 is 15.0 Å². The van der Waals surface area contributed by atoms with Crippen molar-refractivity contribution in [3.63, 3.8) is 0 Å². The molecule has 2 rings (SSSR count). The van der Waals surface area contributed by atoms with Crippen LogP contribution >= 0.6 is 0 Å². The maximum Gasteiger partial charge on any atom is 0.225 e. The van der Waals surface area contributed by atoms with Crippen molar-refractivity contribution < 1.29 is 14.3 Å². The number of aromatic nitrogens is 1. The summed E-state index contributed by atoms with van der Waals surface area (Å²) < 4.78 is 4.98. The smallest absolute Gasteiger partial charge is 0.225 e. The van der Waals surface area contributed by atoms with Gasteiger partial charge in [-0.3, -0.25) is 9.59 Å². The minimum absolute atomic E-state index is 0.0521. The first-order chi connectivity index (χ1) is 10.0. The molecule has 1 aromatic heterocycles. The van der Waals surface area contributed by atoms with Gasteiger partial charge in [-0.05, 0) is 19.4 Å². The molecule has 1 aliphatic heterocycles. The highest BCUT2D eigenvalue weighted by Crippen LogP contribution is 2.20. The van der Waals surface area contributed by atoms with Crippen LogP contribution in [0.1, 0.15) is 25.8 Å². The number of carbonyl (C=O) groups excluding carboxylic acids is 2. The Morgan fingerprint density at radius 1 is 1.52 bits per heavy atom. The van der Waals surface area contributed by atoms with Crippen LogP contribution in [0.15, 0.2) is 18.3 Å². The molecule has 0 aromatic carbocycles. The van der Waals surface area contributed by atoms with E-state index in [0.29, 0.717) is 25.4 Å². The Labute approximate surface area is 124 Å². The SMILES string of the molecule is COc1ccc(CNC(=O)[C@H]2CC(=O)N(C(C)C)C2)cn1. The molecule has 0 aliphatic carbocycles. The van der Waals surface area contributed by atoms with Crippen LogP contribution in [-0.4, -0.2) is 41.4 Å². The number of rotatable bonds is 5. The molecule has 6 heteroatoms. The standard InChI is InChI=1S/C15H21N3O3/c1-10(2)18-9-12(6-14(18)19)15(20)17-8-11-4-5-13(21-3)16-7-11/h4-5,7,10,12H,6,8-9H2,1-3H3,(H,17,20)/t12-/m0/s1. The number of carbonyl (C=O) groups is 2. The first-order valence-corrected chi connectivity index (χ1v) is 7.07. The number of nitrogens with one attached hydrogen (secondary N) is 1. The zero-order chi connectivity index (χ0) is 15.4. The fraction of sp³-hybridized carbons (Fsp3) is 0.533. The maximum atomic E-state index is 12.1. The molecule has 114 valence electrons. The topological polar surface area (TPSA) is 71.5 Å². The predicted octanol–water partition coefficient (Wildman–Crippen LogP) is 0.963. The van der Waals surface area contributed by atoms with E-state index in [9.17, 15) is 9.59 Å². The fourth-order valence-electron chi connectivity index (χ4n) is 2.38. The molecule has 2 amide bonds. The average Bonchev–Trinajstić information content (AvgIpc) is 2.87. The molecule has 0 bridgehead atoms. The zero-order valence-corrected chi connectivity index (χ0v) is 12.6. The summed E-state index contributed by atoms with van der Waals surface area (Å²) in [6, 6.07) is 3.74. The summed E-state index contributed by atoms with van der Waals surface area (Å²) in [5.41, 5.74) is 0.897. The van der Waals surface area contributed by atoms with E-state index in [2.05, 4.69) is 10.3 Å². The minimum atomic E-state index is -0.258. The Bertz CT molecular complexity index is 513. The van der Waals surface area contributed by atoms with E-state index in [0.717, 1.165) is 5.56 Å². The van der Waals surface area contributed by atoms with Gasteiger partial charge in [-0.15, -0.1) is 0 Å². The van der Waals surface area contributed by atoms with Crippen molar-refractivity contribution in [2.24, 2.45) is 5.92 Å². The molecule has 21 heavy (non-hydrogen) atoms. The first-order valence-electron chi connectivity index (χ1n) is 7.07. The Morgan fingerprint density at radius 2 is 2.29 bits per heavy atom. The minimum Gasteiger partial charge on any atom is -0.481 e. The van der Waals surface area contributed by atoms with Gasteiger partial charge in [0.2, 0.25) is 17.7 Å². The lowest BCUT2D eigenvalue weighted by Crippen LogP contribution is -2.35. The largest absolute Gasteiger partial charge is 0.481 e. The van der Waals surface area contributed by atoms with Crippen LogP contribution in [0.25, 0.3) is 0 Å².